The molecule has 2 unspecified atom stereocenters. The lowest BCUT2D eigenvalue weighted by Gasteiger charge is -2.17. The van der Waals surface area contributed by atoms with Crippen LogP contribution >= 0.6 is 0 Å². The first-order chi connectivity index (χ1) is 11.4. The summed E-state index contributed by atoms with van der Waals surface area (Å²) in [6.07, 6.45) is -3.76. The summed E-state index contributed by atoms with van der Waals surface area (Å²) in [5.41, 5.74) is 2.98. The molecule has 6 nitrogen and oxygen atoms in total. The normalized spacial score (nSPS) is 13.0. The Labute approximate surface area is 140 Å². The summed E-state index contributed by atoms with van der Waals surface area (Å²) >= 11 is 0. The standard InChI is InChI=1S/C18H20N2O4/c1-11-3-7-13(8-4-11)19-17(23)15(21)16(22)18(24)20-14-9-5-12(2)6-10-14/h3-10,15-16,21-22H,1-2H3,(H,19,23)(H,20,24). The van der Waals surface area contributed by atoms with Crippen LogP contribution in [0.25, 0.3) is 0 Å². The fourth-order valence-corrected chi connectivity index (χ4v) is 1.99. The summed E-state index contributed by atoms with van der Waals surface area (Å²) in [7, 11) is 0. The van der Waals surface area contributed by atoms with E-state index in [4.69, 9.17) is 0 Å². The molecule has 0 aliphatic heterocycles. The van der Waals surface area contributed by atoms with Gasteiger partial charge in [-0.05, 0) is 38.1 Å². The molecule has 0 aliphatic carbocycles. The lowest BCUT2D eigenvalue weighted by atomic mass is 10.1. The van der Waals surface area contributed by atoms with E-state index >= 15 is 0 Å². The maximum Gasteiger partial charge on any atom is 0.256 e. The highest BCUT2D eigenvalue weighted by molar-refractivity contribution is 6.02. The summed E-state index contributed by atoms with van der Waals surface area (Å²) in [6.45, 7) is 3.80. The van der Waals surface area contributed by atoms with Crippen molar-refractivity contribution in [3.05, 3.63) is 59.7 Å². The van der Waals surface area contributed by atoms with Crippen molar-refractivity contribution >= 4 is 23.2 Å². The van der Waals surface area contributed by atoms with Gasteiger partial charge in [0.15, 0.2) is 12.2 Å². The van der Waals surface area contributed by atoms with Crippen molar-refractivity contribution in [3.8, 4) is 0 Å². The second-order valence-corrected chi connectivity index (χ2v) is 5.60. The van der Waals surface area contributed by atoms with Crippen LogP contribution in [0.3, 0.4) is 0 Å². The first-order valence-electron chi connectivity index (χ1n) is 7.48. The van der Waals surface area contributed by atoms with Crippen molar-refractivity contribution in [2.24, 2.45) is 0 Å². The zero-order valence-corrected chi connectivity index (χ0v) is 13.5. The number of rotatable bonds is 5. The van der Waals surface area contributed by atoms with E-state index in [1.807, 2.05) is 13.8 Å². The molecule has 2 amide bonds. The van der Waals surface area contributed by atoms with E-state index < -0.39 is 24.0 Å². The Kier molecular flexibility index (Phi) is 5.68. The van der Waals surface area contributed by atoms with Gasteiger partial charge in [0.2, 0.25) is 0 Å². The Morgan fingerprint density at radius 2 is 1.00 bits per heavy atom. The molecule has 2 aromatic carbocycles. The molecular formula is C18H20N2O4. The largest absolute Gasteiger partial charge is 0.380 e. The van der Waals surface area contributed by atoms with Gasteiger partial charge in [0, 0.05) is 11.4 Å². The molecule has 126 valence electrons. The first-order valence-corrected chi connectivity index (χ1v) is 7.48. The molecule has 2 aromatic rings. The smallest absolute Gasteiger partial charge is 0.256 e. The van der Waals surface area contributed by atoms with E-state index in [2.05, 4.69) is 10.6 Å². The molecule has 0 heterocycles. The van der Waals surface area contributed by atoms with Crippen LogP contribution < -0.4 is 10.6 Å². The van der Waals surface area contributed by atoms with Crippen LogP contribution in [0.2, 0.25) is 0 Å². The number of carbonyl (C=O) groups is 2. The van der Waals surface area contributed by atoms with Crippen LogP contribution in [0.4, 0.5) is 11.4 Å². The van der Waals surface area contributed by atoms with Crippen molar-refractivity contribution < 1.29 is 19.8 Å². The minimum absolute atomic E-state index is 0.468. The van der Waals surface area contributed by atoms with E-state index in [0.717, 1.165) is 11.1 Å². The van der Waals surface area contributed by atoms with Gasteiger partial charge >= 0.3 is 0 Å². The number of hydrogen-bond donors (Lipinski definition) is 4. The van der Waals surface area contributed by atoms with E-state index in [9.17, 15) is 19.8 Å². The zero-order valence-electron chi connectivity index (χ0n) is 13.5. The molecular weight excluding hydrogens is 308 g/mol. The van der Waals surface area contributed by atoms with Gasteiger partial charge in [0.25, 0.3) is 11.8 Å². The molecule has 24 heavy (non-hydrogen) atoms. The second kappa shape index (κ2) is 7.72. The van der Waals surface area contributed by atoms with E-state index in [0.29, 0.717) is 11.4 Å². The van der Waals surface area contributed by atoms with Crippen LogP contribution in [0, 0.1) is 13.8 Å². The fourth-order valence-electron chi connectivity index (χ4n) is 1.99. The van der Waals surface area contributed by atoms with Crippen molar-refractivity contribution in [2.75, 3.05) is 10.6 Å². The summed E-state index contributed by atoms with van der Waals surface area (Å²) in [4.78, 5) is 23.9. The lowest BCUT2D eigenvalue weighted by Crippen LogP contribution is -2.45. The molecule has 2 rings (SSSR count). The third kappa shape index (κ3) is 4.65. The number of aliphatic hydroxyl groups excluding tert-OH is 2. The van der Waals surface area contributed by atoms with Gasteiger partial charge in [-0.15, -0.1) is 0 Å². The Hall–Kier alpha value is -2.70. The highest BCUT2D eigenvalue weighted by Gasteiger charge is 2.30. The Bertz CT molecular complexity index is 647. The Balaban J connectivity index is 1.95. The second-order valence-electron chi connectivity index (χ2n) is 5.60. The fraction of sp³-hybridized carbons (Fsp3) is 0.222. The van der Waals surface area contributed by atoms with Crippen molar-refractivity contribution in [2.45, 2.75) is 26.1 Å². The molecule has 0 saturated heterocycles. The van der Waals surface area contributed by atoms with Gasteiger partial charge in [-0.2, -0.15) is 0 Å². The predicted octanol–water partition coefficient (Wildman–Crippen LogP) is 1.60. The molecule has 0 fully saturated rings. The highest BCUT2D eigenvalue weighted by atomic mass is 16.3. The maximum absolute atomic E-state index is 11.9. The third-order valence-corrected chi connectivity index (χ3v) is 3.47. The van der Waals surface area contributed by atoms with E-state index in [-0.39, 0.29) is 0 Å². The number of aryl methyl sites for hydroxylation is 2. The first kappa shape index (κ1) is 17.7. The van der Waals surface area contributed by atoms with E-state index in [1.54, 1.807) is 48.5 Å². The number of carbonyl (C=O) groups excluding carboxylic acids is 2. The van der Waals surface area contributed by atoms with E-state index in [1.165, 1.54) is 0 Å². The molecule has 0 aromatic heterocycles. The van der Waals surface area contributed by atoms with Gasteiger partial charge in [0.1, 0.15) is 0 Å². The van der Waals surface area contributed by atoms with Gasteiger partial charge in [0.05, 0.1) is 0 Å². The number of amides is 2. The number of nitrogens with one attached hydrogen (secondary N) is 2. The van der Waals surface area contributed by atoms with Gasteiger partial charge in [-0.3, -0.25) is 9.59 Å². The monoisotopic (exact) mass is 328 g/mol. The molecule has 0 spiro atoms. The predicted molar refractivity (Wildman–Crippen MR) is 91.6 cm³/mol. The van der Waals surface area contributed by atoms with Gasteiger partial charge < -0.3 is 20.8 Å². The molecule has 4 N–H and O–H groups in total. The van der Waals surface area contributed by atoms with Crippen molar-refractivity contribution in [1.29, 1.82) is 0 Å². The molecule has 0 aliphatic rings. The highest BCUT2D eigenvalue weighted by Crippen LogP contribution is 2.12. The topological polar surface area (TPSA) is 98.7 Å². The SMILES string of the molecule is Cc1ccc(NC(=O)C(O)C(O)C(=O)Nc2ccc(C)cc2)cc1. The summed E-state index contributed by atoms with van der Waals surface area (Å²) in [5, 5.41) is 24.6. The number of benzene rings is 2. The van der Waals surface area contributed by atoms with Crippen LogP contribution in [0.5, 0.6) is 0 Å². The average molecular weight is 328 g/mol. The quantitative estimate of drug-likeness (QED) is 0.670. The minimum atomic E-state index is -1.88. The summed E-state index contributed by atoms with van der Waals surface area (Å²) in [5.74, 6) is -1.71. The van der Waals surface area contributed by atoms with Crippen molar-refractivity contribution in [1.82, 2.24) is 0 Å². The van der Waals surface area contributed by atoms with Gasteiger partial charge in [-0.1, -0.05) is 35.4 Å². The van der Waals surface area contributed by atoms with Crippen LogP contribution in [0.1, 0.15) is 11.1 Å². The average Bonchev–Trinajstić information content (AvgIpc) is 2.57. The number of hydrogen-bond acceptors (Lipinski definition) is 4. The molecule has 0 saturated carbocycles. The molecule has 0 bridgehead atoms. The zero-order chi connectivity index (χ0) is 17.7. The summed E-state index contributed by atoms with van der Waals surface area (Å²) in [6, 6.07) is 13.8. The summed E-state index contributed by atoms with van der Waals surface area (Å²) < 4.78 is 0. The van der Waals surface area contributed by atoms with Crippen LogP contribution in [-0.4, -0.2) is 34.2 Å². The molecule has 6 heteroatoms. The minimum Gasteiger partial charge on any atom is -0.380 e. The number of aliphatic hydroxyl groups is 2. The Morgan fingerprint density at radius 3 is 1.29 bits per heavy atom. The Morgan fingerprint density at radius 1 is 0.708 bits per heavy atom. The maximum atomic E-state index is 11.9. The van der Waals surface area contributed by atoms with Crippen molar-refractivity contribution in [3.63, 3.8) is 0 Å². The van der Waals surface area contributed by atoms with Crippen LogP contribution in [0.15, 0.2) is 48.5 Å². The van der Waals surface area contributed by atoms with Crippen LogP contribution in [-0.2, 0) is 9.59 Å². The lowest BCUT2D eigenvalue weighted by molar-refractivity contribution is -0.139. The number of anilines is 2. The molecule has 2 atom stereocenters. The van der Waals surface area contributed by atoms with Gasteiger partial charge in [-0.25, -0.2) is 0 Å². The third-order valence-electron chi connectivity index (χ3n) is 3.47. The molecule has 0 radical (unpaired) electrons.